The second-order valence-electron chi connectivity index (χ2n) is 5.33. The van der Waals surface area contributed by atoms with Crippen LogP contribution in [0.1, 0.15) is 16.7 Å². The van der Waals surface area contributed by atoms with Gasteiger partial charge in [0.1, 0.15) is 12.4 Å². The Balaban J connectivity index is 1.71. The molecule has 0 bridgehead atoms. The van der Waals surface area contributed by atoms with E-state index in [0.717, 1.165) is 11.3 Å². The first kappa shape index (κ1) is 16.4. The van der Waals surface area contributed by atoms with Gasteiger partial charge in [0.15, 0.2) is 0 Å². The third kappa shape index (κ3) is 5.41. The molecule has 116 valence electrons. The average molecular weight is 318 g/mol. The van der Waals surface area contributed by atoms with E-state index in [4.69, 9.17) is 16.3 Å². The van der Waals surface area contributed by atoms with Gasteiger partial charge < -0.3 is 10.1 Å². The highest BCUT2D eigenvalue weighted by atomic mass is 35.5. The summed E-state index contributed by atoms with van der Waals surface area (Å²) in [6, 6.07) is 13.4. The molecule has 0 aliphatic rings. The molecule has 0 aromatic heterocycles. The van der Waals surface area contributed by atoms with Gasteiger partial charge >= 0.3 is 0 Å². The molecule has 0 spiro atoms. The third-order valence-corrected chi connectivity index (χ3v) is 3.42. The smallest absolute Gasteiger partial charge is 0.224 e. The van der Waals surface area contributed by atoms with Gasteiger partial charge in [0, 0.05) is 5.02 Å². The monoisotopic (exact) mass is 317 g/mol. The van der Waals surface area contributed by atoms with Gasteiger partial charge in [-0.3, -0.25) is 4.79 Å². The van der Waals surface area contributed by atoms with Gasteiger partial charge in [-0.15, -0.1) is 0 Å². The van der Waals surface area contributed by atoms with E-state index in [1.54, 1.807) is 12.1 Å². The van der Waals surface area contributed by atoms with Crippen LogP contribution in [0.3, 0.4) is 0 Å². The molecule has 2 aromatic carbocycles. The molecule has 0 radical (unpaired) electrons. The molecule has 22 heavy (non-hydrogen) atoms. The first-order valence-corrected chi connectivity index (χ1v) is 7.63. The van der Waals surface area contributed by atoms with E-state index in [1.165, 1.54) is 11.1 Å². The summed E-state index contributed by atoms with van der Waals surface area (Å²) in [5.41, 5.74) is 3.28. The van der Waals surface area contributed by atoms with Crippen molar-refractivity contribution in [2.75, 3.05) is 13.2 Å². The summed E-state index contributed by atoms with van der Waals surface area (Å²) in [6.07, 6.45) is 0.348. The molecule has 4 heteroatoms. The van der Waals surface area contributed by atoms with E-state index in [9.17, 15) is 4.79 Å². The third-order valence-electron chi connectivity index (χ3n) is 3.17. The summed E-state index contributed by atoms with van der Waals surface area (Å²) in [4.78, 5) is 11.8. The molecular formula is C18H20ClNO2. The number of carbonyl (C=O) groups excluding carboxylic acids is 1. The van der Waals surface area contributed by atoms with Gasteiger partial charge in [0.2, 0.25) is 5.91 Å². The number of amides is 1. The predicted molar refractivity (Wildman–Crippen MR) is 89.6 cm³/mol. The Labute approximate surface area is 136 Å². The van der Waals surface area contributed by atoms with Crippen LogP contribution in [0.5, 0.6) is 5.75 Å². The van der Waals surface area contributed by atoms with Crippen LogP contribution in [-0.4, -0.2) is 19.1 Å². The van der Waals surface area contributed by atoms with E-state index < -0.39 is 0 Å². The number of nitrogens with one attached hydrogen (secondary N) is 1. The van der Waals surface area contributed by atoms with Crippen LogP contribution in [-0.2, 0) is 11.2 Å². The van der Waals surface area contributed by atoms with Crippen LogP contribution in [0.15, 0.2) is 42.5 Å². The minimum Gasteiger partial charge on any atom is -0.492 e. The summed E-state index contributed by atoms with van der Waals surface area (Å²) in [5.74, 6) is 0.816. The standard InChI is InChI=1S/C18H20ClNO2/c1-13-9-14(2)11-17(10-13)22-8-7-20-18(21)12-15-3-5-16(19)6-4-15/h3-6,9-11H,7-8,12H2,1-2H3,(H,20,21). The summed E-state index contributed by atoms with van der Waals surface area (Å²) in [5, 5.41) is 3.52. The van der Waals surface area contributed by atoms with E-state index in [2.05, 4.69) is 11.4 Å². The first-order valence-electron chi connectivity index (χ1n) is 7.25. The van der Waals surface area contributed by atoms with Crippen LogP contribution in [0, 0.1) is 13.8 Å². The lowest BCUT2D eigenvalue weighted by molar-refractivity contribution is -0.120. The molecule has 0 heterocycles. The average Bonchev–Trinajstić information content (AvgIpc) is 2.45. The Hall–Kier alpha value is -2.00. The molecule has 0 aliphatic heterocycles. The van der Waals surface area contributed by atoms with Gasteiger partial charge in [-0.25, -0.2) is 0 Å². The van der Waals surface area contributed by atoms with Gasteiger partial charge in [0.05, 0.1) is 13.0 Å². The molecule has 0 fully saturated rings. The maximum atomic E-state index is 11.8. The number of ether oxygens (including phenoxy) is 1. The normalized spacial score (nSPS) is 10.3. The lowest BCUT2D eigenvalue weighted by Crippen LogP contribution is -2.29. The van der Waals surface area contributed by atoms with Crippen molar-refractivity contribution < 1.29 is 9.53 Å². The Morgan fingerprint density at radius 3 is 2.36 bits per heavy atom. The summed E-state index contributed by atoms with van der Waals surface area (Å²) in [6.45, 7) is 5.01. The minimum absolute atomic E-state index is 0.0219. The summed E-state index contributed by atoms with van der Waals surface area (Å²) >= 11 is 5.81. The van der Waals surface area contributed by atoms with E-state index in [1.807, 2.05) is 38.1 Å². The van der Waals surface area contributed by atoms with Crippen molar-refractivity contribution in [3.05, 3.63) is 64.2 Å². The minimum atomic E-state index is -0.0219. The van der Waals surface area contributed by atoms with Crippen LogP contribution in [0.2, 0.25) is 5.02 Å². The molecule has 1 amide bonds. The highest BCUT2D eigenvalue weighted by molar-refractivity contribution is 6.30. The van der Waals surface area contributed by atoms with E-state index >= 15 is 0 Å². The highest BCUT2D eigenvalue weighted by Crippen LogP contribution is 2.15. The summed E-state index contributed by atoms with van der Waals surface area (Å²) in [7, 11) is 0. The molecule has 0 aliphatic carbocycles. The fraction of sp³-hybridized carbons (Fsp3) is 0.278. The van der Waals surface area contributed by atoms with Crippen molar-refractivity contribution in [2.45, 2.75) is 20.3 Å². The molecular weight excluding hydrogens is 298 g/mol. The van der Waals surface area contributed by atoms with Gasteiger partial charge in [-0.1, -0.05) is 29.8 Å². The van der Waals surface area contributed by atoms with E-state index in [0.29, 0.717) is 24.6 Å². The fourth-order valence-electron chi connectivity index (χ4n) is 2.23. The Morgan fingerprint density at radius 1 is 1.09 bits per heavy atom. The number of hydrogen-bond donors (Lipinski definition) is 1. The van der Waals surface area contributed by atoms with Crippen LogP contribution >= 0.6 is 11.6 Å². The van der Waals surface area contributed by atoms with Crippen LogP contribution < -0.4 is 10.1 Å². The summed E-state index contributed by atoms with van der Waals surface area (Å²) < 4.78 is 5.65. The number of benzene rings is 2. The van der Waals surface area contributed by atoms with Crippen molar-refractivity contribution in [3.63, 3.8) is 0 Å². The maximum Gasteiger partial charge on any atom is 0.224 e. The quantitative estimate of drug-likeness (QED) is 0.825. The second-order valence-corrected chi connectivity index (χ2v) is 5.76. The molecule has 0 atom stereocenters. The molecule has 0 saturated carbocycles. The number of aryl methyl sites for hydroxylation is 2. The lowest BCUT2D eigenvalue weighted by Gasteiger charge is -2.09. The number of rotatable bonds is 6. The molecule has 2 aromatic rings. The molecule has 3 nitrogen and oxygen atoms in total. The maximum absolute atomic E-state index is 11.8. The number of carbonyl (C=O) groups is 1. The van der Waals surface area contributed by atoms with Crippen molar-refractivity contribution >= 4 is 17.5 Å². The number of halogens is 1. The first-order chi connectivity index (χ1) is 10.5. The lowest BCUT2D eigenvalue weighted by atomic mass is 10.1. The van der Waals surface area contributed by atoms with Crippen molar-refractivity contribution in [3.8, 4) is 5.75 Å². The van der Waals surface area contributed by atoms with Crippen molar-refractivity contribution in [1.82, 2.24) is 5.32 Å². The van der Waals surface area contributed by atoms with Crippen molar-refractivity contribution in [2.24, 2.45) is 0 Å². The molecule has 1 N–H and O–H groups in total. The Morgan fingerprint density at radius 2 is 1.73 bits per heavy atom. The zero-order valence-corrected chi connectivity index (χ0v) is 13.6. The van der Waals surface area contributed by atoms with Crippen LogP contribution in [0.4, 0.5) is 0 Å². The number of hydrogen-bond acceptors (Lipinski definition) is 2. The zero-order chi connectivity index (χ0) is 15.9. The van der Waals surface area contributed by atoms with Crippen molar-refractivity contribution in [1.29, 1.82) is 0 Å². The van der Waals surface area contributed by atoms with Gasteiger partial charge in [0.25, 0.3) is 0 Å². The molecule has 0 saturated heterocycles. The van der Waals surface area contributed by atoms with Gasteiger partial charge in [-0.2, -0.15) is 0 Å². The molecule has 2 rings (SSSR count). The highest BCUT2D eigenvalue weighted by Gasteiger charge is 2.03. The Bertz CT molecular complexity index is 618. The van der Waals surface area contributed by atoms with Gasteiger partial charge in [-0.05, 0) is 54.8 Å². The predicted octanol–water partition coefficient (Wildman–Crippen LogP) is 3.69. The molecule has 0 unspecified atom stereocenters. The largest absolute Gasteiger partial charge is 0.492 e. The fourth-order valence-corrected chi connectivity index (χ4v) is 2.35. The topological polar surface area (TPSA) is 38.3 Å². The zero-order valence-electron chi connectivity index (χ0n) is 12.9. The van der Waals surface area contributed by atoms with E-state index in [-0.39, 0.29) is 5.91 Å². The van der Waals surface area contributed by atoms with Crippen LogP contribution in [0.25, 0.3) is 0 Å². The SMILES string of the molecule is Cc1cc(C)cc(OCCNC(=O)Cc2ccc(Cl)cc2)c1. The Kier molecular flexibility index (Phi) is 5.84. The second kappa shape index (κ2) is 7.85.